The quantitative estimate of drug-likeness (QED) is 0.244. The minimum absolute atomic E-state index is 0.319. The Morgan fingerprint density at radius 2 is 2.00 bits per heavy atom. The topological polar surface area (TPSA) is 122 Å². The highest BCUT2D eigenvalue weighted by molar-refractivity contribution is 5.71. The van der Waals surface area contributed by atoms with E-state index in [0.717, 1.165) is 0 Å². The third-order valence-corrected chi connectivity index (χ3v) is 1.32. The summed E-state index contributed by atoms with van der Waals surface area (Å²) < 4.78 is 10.2. The molecule has 0 aliphatic heterocycles. The number of rotatable bonds is 9. The zero-order valence-corrected chi connectivity index (χ0v) is 8.39. The van der Waals surface area contributed by atoms with Crippen molar-refractivity contribution in [3.05, 3.63) is 10.4 Å². The van der Waals surface area contributed by atoms with E-state index in [4.69, 9.17) is 20.7 Å². The molecule has 0 fully saturated rings. The van der Waals surface area contributed by atoms with Gasteiger partial charge in [-0.25, -0.2) is 4.79 Å². The van der Waals surface area contributed by atoms with Gasteiger partial charge >= 0.3 is 6.03 Å². The number of nitrogens with two attached hydrogens (primary N) is 1. The van der Waals surface area contributed by atoms with Crippen molar-refractivity contribution in [2.24, 2.45) is 10.8 Å². The van der Waals surface area contributed by atoms with Crippen molar-refractivity contribution in [1.29, 1.82) is 0 Å². The minimum atomic E-state index is -0.566. The first-order valence-corrected chi connectivity index (χ1v) is 4.47. The summed E-state index contributed by atoms with van der Waals surface area (Å²) >= 11 is 0. The summed E-state index contributed by atoms with van der Waals surface area (Å²) in [5.41, 5.74) is 12.8. The highest BCUT2D eigenvalue weighted by Gasteiger charge is 1.91. The van der Waals surface area contributed by atoms with Crippen molar-refractivity contribution >= 4 is 6.03 Å². The third-order valence-electron chi connectivity index (χ3n) is 1.32. The smallest absolute Gasteiger partial charge is 0.312 e. The molecule has 0 rings (SSSR count). The summed E-state index contributed by atoms with van der Waals surface area (Å²) in [6.07, 6.45) is 0. The van der Waals surface area contributed by atoms with Crippen LogP contribution in [-0.4, -0.2) is 45.5 Å². The number of hydrogen-bond acceptors (Lipinski definition) is 4. The SMILES string of the molecule is [N-]=[N+]=NCCOCCOCCNC(N)=O. The zero-order valence-electron chi connectivity index (χ0n) is 8.39. The molecule has 0 radical (unpaired) electrons. The Morgan fingerprint density at radius 3 is 2.60 bits per heavy atom. The van der Waals surface area contributed by atoms with Crippen LogP contribution in [0.5, 0.6) is 0 Å². The Labute approximate surface area is 87.3 Å². The number of ether oxygens (including phenoxy) is 2. The van der Waals surface area contributed by atoms with Gasteiger partial charge in [-0.05, 0) is 5.53 Å². The third kappa shape index (κ3) is 12.5. The summed E-state index contributed by atoms with van der Waals surface area (Å²) in [4.78, 5) is 12.8. The van der Waals surface area contributed by atoms with Crippen LogP contribution in [0.2, 0.25) is 0 Å². The Bertz CT molecular complexity index is 209. The van der Waals surface area contributed by atoms with Crippen molar-refractivity contribution in [3.63, 3.8) is 0 Å². The fourth-order valence-corrected chi connectivity index (χ4v) is 0.718. The summed E-state index contributed by atoms with van der Waals surface area (Å²) in [5, 5.41) is 5.67. The standard InChI is InChI=1S/C7H15N5O3/c8-7(13)10-1-3-14-5-6-15-4-2-11-12-9/h1-6H2,(H3,8,10,13). The maximum absolute atomic E-state index is 10.2. The molecule has 0 aromatic heterocycles. The molecule has 0 saturated heterocycles. The van der Waals surface area contributed by atoms with Crippen molar-refractivity contribution in [2.75, 3.05) is 39.5 Å². The Balaban J connectivity index is 2.98. The number of carbonyl (C=O) groups is 1. The predicted octanol–water partition coefficient (Wildman–Crippen LogP) is -0.00180. The van der Waals surface area contributed by atoms with Crippen LogP contribution < -0.4 is 11.1 Å². The van der Waals surface area contributed by atoms with Crippen molar-refractivity contribution < 1.29 is 14.3 Å². The number of amides is 2. The van der Waals surface area contributed by atoms with Crippen molar-refractivity contribution in [1.82, 2.24) is 5.32 Å². The maximum Gasteiger partial charge on any atom is 0.312 e. The molecule has 8 nitrogen and oxygen atoms in total. The first-order valence-electron chi connectivity index (χ1n) is 4.47. The highest BCUT2D eigenvalue weighted by atomic mass is 16.5. The van der Waals surface area contributed by atoms with E-state index in [9.17, 15) is 4.79 Å². The van der Waals surface area contributed by atoms with Gasteiger partial charge in [-0.3, -0.25) is 0 Å². The molecule has 0 saturated carbocycles. The number of nitrogens with one attached hydrogen (secondary N) is 1. The number of primary amides is 1. The van der Waals surface area contributed by atoms with Crippen LogP contribution >= 0.6 is 0 Å². The Kier molecular flexibility index (Phi) is 9.52. The lowest BCUT2D eigenvalue weighted by Crippen LogP contribution is -2.32. The summed E-state index contributed by atoms with van der Waals surface area (Å²) in [5.74, 6) is 0. The van der Waals surface area contributed by atoms with Gasteiger partial charge in [-0.15, -0.1) is 0 Å². The fourth-order valence-electron chi connectivity index (χ4n) is 0.718. The monoisotopic (exact) mass is 217 g/mol. The summed E-state index contributed by atoms with van der Waals surface area (Å²) in [7, 11) is 0. The molecule has 86 valence electrons. The van der Waals surface area contributed by atoms with Crippen LogP contribution in [0.3, 0.4) is 0 Å². The lowest BCUT2D eigenvalue weighted by atomic mass is 10.6. The summed E-state index contributed by atoms with van der Waals surface area (Å²) in [6, 6.07) is -0.566. The molecule has 2 amide bonds. The minimum Gasteiger partial charge on any atom is -0.379 e. The Hall–Kier alpha value is -1.50. The second kappa shape index (κ2) is 10.6. The van der Waals surface area contributed by atoms with Gasteiger partial charge in [0.15, 0.2) is 0 Å². The normalized spacial score (nSPS) is 9.33. The van der Waals surface area contributed by atoms with E-state index >= 15 is 0 Å². The van der Waals surface area contributed by atoms with Gasteiger partial charge < -0.3 is 20.5 Å². The molecule has 0 aromatic carbocycles. The highest BCUT2D eigenvalue weighted by Crippen LogP contribution is 1.79. The lowest BCUT2D eigenvalue weighted by Gasteiger charge is -2.04. The lowest BCUT2D eigenvalue weighted by molar-refractivity contribution is 0.0525. The van der Waals surface area contributed by atoms with E-state index in [0.29, 0.717) is 39.5 Å². The molecule has 15 heavy (non-hydrogen) atoms. The van der Waals surface area contributed by atoms with E-state index in [1.165, 1.54) is 0 Å². The second-order valence-electron chi connectivity index (χ2n) is 2.47. The molecule has 0 aliphatic rings. The summed E-state index contributed by atoms with van der Waals surface area (Å²) in [6.45, 7) is 2.33. The van der Waals surface area contributed by atoms with Gasteiger partial charge in [0.25, 0.3) is 0 Å². The van der Waals surface area contributed by atoms with Gasteiger partial charge in [0.1, 0.15) is 0 Å². The van der Waals surface area contributed by atoms with Crippen molar-refractivity contribution in [2.45, 2.75) is 0 Å². The molecule has 0 aromatic rings. The van der Waals surface area contributed by atoms with Crippen LogP contribution in [0.4, 0.5) is 4.79 Å². The van der Waals surface area contributed by atoms with Crippen LogP contribution in [-0.2, 0) is 9.47 Å². The van der Waals surface area contributed by atoms with E-state index < -0.39 is 6.03 Å². The Morgan fingerprint density at radius 1 is 1.33 bits per heavy atom. The molecule has 0 heterocycles. The molecule has 0 atom stereocenters. The number of hydrogen-bond donors (Lipinski definition) is 2. The molecular formula is C7H15N5O3. The fraction of sp³-hybridized carbons (Fsp3) is 0.857. The molecule has 3 N–H and O–H groups in total. The van der Waals surface area contributed by atoms with Crippen LogP contribution in [0.1, 0.15) is 0 Å². The van der Waals surface area contributed by atoms with E-state index in [1.54, 1.807) is 0 Å². The second-order valence-corrected chi connectivity index (χ2v) is 2.47. The van der Waals surface area contributed by atoms with Gasteiger partial charge in [-0.1, -0.05) is 5.11 Å². The molecule has 0 unspecified atom stereocenters. The maximum atomic E-state index is 10.2. The average Bonchev–Trinajstić information content (AvgIpc) is 2.20. The van der Waals surface area contributed by atoms with Gasteiger partial charge in [-0.2, -0.15) is 0 Å². The number of carbonyl (C=O) groups excluding carboxylic acids is 1. The van der Waals surface area contributed by atoms with E-state index in [-0.39, 0.29) is 0 Å². The first-order chi connectivity index (χ1) is 7.27. The first kappa shape index (κ1) is 13.5. The van der Waals surface area contributed by atoms with Crippen LogP contribution in [0.25, 0.3) is 10.4 Å². The molecule has 0 aliphatic carbocycles. The molecular weight excluding hydrogens is 202 g/mol. The van der Waals surface area contributed by atoms with Gasteiger partial charge in [0.05, 0.1) is 26.4 Å². The molecule has 0 spiro atoms. The number of urea groups is 1. The number of nitrogens with zero attached hydrogens (tertiary/aromatic N) is 3. The zero-order chi connectivity index (χ0) is 11.4. The van der Waals surface area contributed by atoms with Crippen LogP contribution in [0, 0.1) is 0 Å². The molecule has 8 heteroatoms. The van der Waals surface area contributed by atoms with Gasteiger partial charge in [0, 0.05) is 18.0 Å². The van der Waals surface area contributed by atoms with Gasteiger partial charge in [0.2, 0.25) is 0 Å². The van der Waals surface area contributed by atoms with Crippen molar-refractivity contribution in [3.8, 4) is 0 Å². The largest absolute Gasteiger partial charge is 0.379 e. The molecule has 0 bridgehead atoms. The van der Waals surface area contributed by atoms with Crippen LogP contribution in [0.15, 0.2) is 5.11 Å². The predicted molar refractivity (Wildman–Crippen MR) is 53.2 cm³/mol. The van der Waals surface area contributed by atoms with E-state index in [1.807, 2.05) is 0 Å². The number of azide groups is 1. The van der Waals surface area contributed by atoms with E-state index in [2.05, 4.69) is 15.3 Å². The average molecular weight is 217 g/mol.